The van der Waals surface area contributed by atoms with E-state index in [9.17, 15) is 9.59 Å². The number of carbonyl (C=O) groups is 2. The Morgan fingerprint density at radius 1 is 1.32 bits per heavy atom. The summed E-state index contributed by atoms with van der Waals surface area (Å²) in [7, 11) is 0. The molecule has 1 aromatic carbocycles. The number of nitrogens with one attached hydrogen (secondary N) is 1. The van der Waals surface area contributed by atoms with Crippen molar-refractivity contribution in [2.24, 2.45) is 0 Å². The van der Waals surface area contributed by atoms with Crippen molar-refractivity contribution in [1.29, 1.82) is 0 Å². The van der Waals surface area contributed by atoms with Crippen LogP contribution in [-0.4, -0.2) is 41.5 Å². The molecular formula is C17H24N2O3. The molecule has 2 N–H and O–H groups in total. The number of aliphatic carboxylic acids is 1. The lowest BCUT2D eigenvalue weighted by Crippen LogP contribution is -2.43. The molecule has 1 aliphatic heterocycles. The predicted octanol–water partition coefficient (Wildman–Crippen LogP) is 2.03. The zero-order chi connectivity index (χ0) is 16.1. The van der Waals surface area contributed by atoms with Gasteiger partial charge in [0.15, 0.2) is 0 Å². The van der Waals surface area contributed by atoms with Crippen LogP contribution in [0.4, 0.5) is 0 Å². The van der Waals surface area contributed by atoms with Gasteiger partial charge < -0.3 is 10.4 Å². The summed E-state index contributed by atoms with van der Waals surface area (Å²) >= 11 is 0. The van der Waals surface area contributed by atoms with Gasteiger partial charge in [-0.15, -0.1) is 0 Å². The molecule has 0 aromatic heterocycles. The van der Waals surface area contributed by atoms with Gasteiger partial charge in [-0.25, -0.2) is 0 Å². The number of carbonyl (C=O) groups excluding carboxylic acids is 1. The lowest BCUT2D eigenvalue weighted by atomic mass is 9.90. The molecule has 1 atom stereocenters. The fourth-order valence-electron chi connectivity index (χ4n) is 3.08. The molecule has 0 radical (unpaired) electrons. The van der Waals surface area contributed by atoms with Crippen molar-refractivity contribution in [2.75, 3.05) is 19.6 Å². The maximum absolute atomic E-state index is 11.9. The SMILES string of the molecule is Cc1cccc(C2CCCCN2CC(=O)NCC(=O)O)c1C. The largest absolute Gasteiger partial charge is 0.480 e. The molecule has 1 aromatic rings. The number of piperidine rings is 1. The summed E-state index contributed by atoms with van der Waals surface area (Å²) in [4.78, 5) is 24.6. The third-order valence-corrected chi connectivity index (χ3v) is 4.40. The Hall–Kier alpha value is -1.88. The van der Waals surface area contributed by atoms with Gasteiger partial charge in [0.25, 0.3) is 0 Å². The zero-order valence-electron chi connectivity index (χ0n) is 13.3. The van der Waals surface area contributed by atoms with Crippen LogP contribution in [0.3, 0.4) is 0 Å². The van der Waals surface area contributed by atoms with E-state index in [4.69, 9.17) is 5.11 Å². The van der Waals surface area contributed by atoms with Crippen LogP contribution in [-0.2, 0) is 9.59 Å². The number of rotatable bonds is 5. The first-order valence-corrected chi connectivity index (χ1v) is 7.77. The van der Waals surface area contributed by atoms with E-state index in [-0.39, 0.29) is 25.0 Å². The number of nitrogens with zero attached hydrogens (tertiary/aromatic N) is 1. The molecule has 0 spiro atoms. The maximum atomic E-state index is 11.9. The van der Waals surface area contributed by atoms with Crippen LogP contribution in [0, 0.1) is 13.8 Å². The first kappa shape index (κ1) is 16.5. The summed E-state index contributed by atoms with van der Waals surface area (Å²) in [5.74, 6) is -1.24. The quantitative estimate of drug-likeness (QED) is 0.873. The Morgan fingerprint density at radius 3 is 2.82 bits per heavy atom. The summed E-state index contributed by atoms with van der Waals surface area (Å²) < 4.78 is 0. The standard InChI is InChI=1S/C17H24N2O3/c1-12-6-5-7-14(13(12)2)15-8-3-4-9-19(15)11-16(20)18-10-17(21)22/h5-7,15H,3-4,8-11H2,1-2H3,(H,18,20)(H,21,22). The molecule has 0 aliphatic carbocycles. The number of aryl methyl sites for hydroxylation is 1. The number of carboxylic acid groups (broad SMARTS) is 1. The molecule has 1 saturated heterocycles. The van der Waals surface area contributed by atoms with Gasteiger partial charge in [0.1, 0.15) is 6.54 Å². The topological polar surface area (TPSA) is 69.6 Å². The molecule has 5 heteroatoms. The van der Waals surface area contributed by atoms with Gasteiger partial charge in [0.2, 0.25) is 5.91 Å². The molecule has 1 amide bonds. The van der Waals surface area contributed by atoms with E-state index >= 15 is 0 Å². The molecule has 1 aliphatic rings. The smallest absolute Gasteiger partial charge is 0.322 e. The van der Waals surface area contributed by atoms with Crippen molar-refractivity contribution in [1.82, 2.24) is 10.2 Å². The molecule has 5 nitrogen and oxygen atoms in total. The molecule has 1 unspecified atom stereocenters. The highest BCUT2D eigenvalue weighted by Gasteiger charge is 2.26. The van der Waals surface area contributed by atoms with Crippen LogP contribution in [0.2, 0.25) is 0 Å². The molecule has 120 valence electrons. The van der Waals surface area contributed by atoms with E-state index in [1.807, 2.05) is 0 Å². The van der Waals surface area contributed by atoms with Crippen LogP contribution in [0.1, 0.15) is 42.0 Å². The lowest BCUT2D eigenvalue weighted by molar-refractivity contribution is -0.138. The van der Waals surface area contributed by atoms with Gasteiger partial charge in [-0.05, 0) is 49.9 Å². The average Bonchev–Trinajstić information content (AvgIpc) is 2.49. The van der Waals surface area contributed by atoms with Crippen molar-refractivity contribution >= 4 is 11.9 Å². The minimum atomic E-state index is -1.02. The van der Waals surface area contributed by atoms with Crippen LogP contribution in [0.15, 0.2) is 18.2 Å². The second-order valence-corrected chi connectivity index (χ2v) is 5.94. The summed E-state index contributed by atoms with van der Waals surface area (Å²) in [5, 5.41) is 11.1. The average molecular weight is 304 g/mol. The van der Waals surface area contributed by atoms with E-state index in [2.05, 4.69) is 42.3 Å². The van der Waals surface area contributed by atoms with Crippen molar-refractivity contribution in [3.8, 4) is 0 Å². The Kier molecular flexibility index (Phi) is 5.55. The van der Waals surface area contributed by atoms with E-state index in [0.29, 0.717) is 0 Å². The van der Waals surface area contributed by atoms with Gasteiger partial charge in [0.05, 0.1) is 6.54 Å². The molecule has 1 heterocycles. The second kappa shape index (κ2) is 7.40. The number of hydrogen-bond donors (Lipinski definition) is 2. The highest BCUT2D eigenvalue weighted by molar-refractivity contribution is 5.82. The van der Waals surface area contributed by atoms with Crippen molar-refractivity contribution in [3.63, 3.8) is 0 Å². The summed E-state index contributed by atoms with van der Waals surface area (Å²) in [5.41, 5.74) is 3.83. The summed E-state index contributed by atoms with van der Waals surface area (Å²) in [6, 6.07) is 6.55. The number of amides is 1. The number of carboxylic acids is 1. The Balaban J connectivity index is 2.09. The first-order valence-electron chi connectivity index (χ1n) is 7.77. The molecule has 0 saturated carbocycles. The Labute approximate surface area is 131 Å². The Bertz CT molecular complexity index is 557. The normalized spacial score (nSPS) is 18.9. The molecule has 0 bridgehead atoms. The van der Waals surface area contributed by atoms with Gasteiger partial charge in [0, 0.05) is 6.04 Å². The number of benzene rings is 1. The van der Waals surface area contributed by atoms with Crippen LogP contribution in [0.25, 0.3) is 0 Å². The fraction of sp³-hybridized carbons (Fsp3) is 0.529. The van der Waals surface area contributed by atoms with E-state index < -0.39 is 5.97 Å². The second-order valence-electron chi connectivity index (χ2n) is 5.94. The van der Waals surface area contributed by atoms with E-state index in [1.54, 1.807) is 0 Å². The highest BCUT2D eigenvalue weighted by Crippen LogP contribution is 2.33. The summed E-state index contributed by atoms with van der Waals surface area (Å²) in [6.45, 7) is 5.04. The molecule has 22 heavy (non-hydrogen) atoms. The third-order valence-electron chi connectivity index (χ3n) is 4.40. The maximum Gasteiger partial charge on any atom is 0.322 e. The fourth-order valence-corrected chi connectivity index (χ4v) is 3.08. The van der Waals surface area contributed by atoms with E-state index in [1.165, 1.54) is 16.7 Å². The third kappa shape index (κ3) is 4.07. The number of hydrogen-bond acceptors (Lipinski definition) is 3. The molecule has 2 rings (SSSR count). The van der Waals surface area contributed by atoms with Gasteiger partial charge in [-0.3, -0.25) is 14.5 Å². The van der Waals surface area contributed by atoms with E-state index in [0.717, 1.165) is 25.8 Å². The first-order chi connectivity index (χ1) is 10.5. The van der Waals surface area contributed by atoms with Crippen molar-refractivity contribution in [2.45, 2.75) is 39.2 Å². The Morgan fingerprint density at radius 2 is 2.09 bits per heavy atom. The number of likely N-dealkylation sites (tertiary alicyclic amines) is 1. The van der Waals surface area contributed by atoms with Gasteiger partial charge in [-0.1, -0.05) is 24.6 Å². The van der Waals surface area contributed by atoms with Crippen LogP contribution < -0.4 is 5.32 Å². The monoisotopic (exact) mass is 304 g/mol. The zero-order valence-corrected chi connectivity index (χ0v) is 13.3. The van der Waals surface area contributed by atoms with Crippen LogP contribution in [0.5, 0.6) is 0 Å². The lowest BCUT2D eigenvalue weighted by Gasteiger charge is -2.36. The molecule has 1 fully saturated rings. The minimum Gasteiger partial charge on any atom is -0.480 e. The summed E-state index contributed by atoms with van der Waals surface area (Å²) in [6.07, 6.45) is 3.27. The van der Waals surface area contributed by atoms with Crippen molar-refractivity contribution in [3.05, 3.63) is 34.9 Å². The predicted molar refractivity (Wildman–Crippen MR) is 84.7 cm³/mol. The van der Waals surface area contributed by atoms with Crippen molar-refractivity contribution < 1.29 is 14.7 Å². The minimum absolute atomic E-state index is 0.223. The highest BCUT2D eigenvalue weighted by atomic mass is 16.4. The van der Waals surface area contributed by atoms with Gasteiger partial charge in [-0.2, -0.15) is 0 Å². The molecular weight excluding hydrogens is 280 g/mol. The van der Waals surface area contributed by atoms with Crippen LogP contribution >= 0.6 is 0 Å². The van der Waals surface area contributed by atoms with Gasteiger partial charge >= 0.3 is 5.97 Å².